The van der Waals surface area contributed by atoms with E-state index in [-0.39, 0.29) is 5.91 Å². The maximum absolute atomic E-state index is 12.5. The monoisotopic (exact) mass is 282 g/mol. The summed E-state index contributed by atoms with van der Waals surface area (Å²) in [7, 11) is 0. The van der Waals surface area contributed by atoms with Gasteiger partial charge in [-0.25, -0.2) is 0 Å². The van der Waals surface area contributed by atoms with E-state index in [1.807, 2.05) is 18.2 Å². The lowest BCUT2D eigenvalue weighted by Gasteiger charge is -2.16. The second-order valence-electron chi connectivity index (χ2n) is 5.07. The molecule has 0 unspecified atom stereocenters. The lowest BCUT2D eigenvalue weighted by Crippen LogP contribution is -2.29. The molecular formula is C16H18N4O. The lowest BCUT2D eigenvalue weighted by molar-refractivity contribution is 0.0983. The number of benzene rings is 1. The number of nitrogens with one attached hydrogen (secondary N) is 1. The van der Waals surface area contributed by atoms with Crippen LogP contribution in [0.5, 0.6) is 0 Å². The van der Waals surface area contributed by atoms with Gasteiger partial charge in [0.05, 0.1) is 0 Å². The Hall–Kier alpha value is -2.43. The Morgan fingerprint density at radius 2 is 2.10 bits per heavy atom. The normalized spacial score (nSPS) is 13.1. The van der Waals surface area contributed by atoms with Crippen molar-refractivity contribution in [3.8, 4) is 0 Å². The number of carbonyl (C=O) groups is 1. The van der Waals surface area contributed by atoms with Gasteiger partial charge in [0.2, 0.25) is 0 Å². The molecule has 2 heterocycles. The Labute approximate surface area is 124 Å². The molecule has 0 radical (unpaired) electrons. The van der Waals surface area contributed by atoms with Crippen molar-refractivity contribution in [3.05, 3.63) is 47.7 Å². The number of anilines is 2. The molecule has 21 heavy (non-hydrogen) atoms. The number of fused-ring (bicyclic) bond motifs is 1. The van der Waals surface area contributed by atoms with E-state index < -0.39 is 0 Å². The Kier molecular flexibility index (Phi) is 3.81. The molecule has 0 bridgehead atoms. The largest absolute Gasteiger partial charge is 0.369 e. The highest BCUT2D eigenvalue weighted by Gasteiger charge is 2.26. The SMILES string of the molecule is CCCNc1ccc(C(=O)N2CCc3ccccc32)nn1. The fourth-order valence-corrected chi connectivity index (χ4v) is 2.48. The molecule has 0 saturated carbocycles. The summed E-state index contributed by atoms with van der Waals surface area (Å²) in [5, 5.41) is 11.2. The number of hydrogen-bond donors (Lipinski definition) is 1. The van der Waals surface area contributed by atoms with Crippen molar-refractivity contribution in [2.75, 3.05) is 23.3 Å². The Morgan fingerprint density at radius 3 is 2.86 bits per heavy atom. The van der Waals surface area contributed by atoms with Gasteiger partial charge in [0.1, 0.15) is 5.82 Å². The van der Waals surface area contributed by atoms with E-state index in [1.54, 1.807) is 17.0 Å². The average molecular weight is 282 g/mol. The smallest absolute Gasteiger partial charge is 0.278 e. The molecule has 1 aromatic carbocycles. The summed E-state index contributed by atoms with van der Waals surface area (Å²) in [5.41, 5.74) is 2.58. The molecule has 0 aliphatic carbocycles. The van der Waals surface area contributed by atoms with E-state index in [0.29, 0.717) is 18.1 Å². The van der Waals surface area contributed by atoms with Crippen molar-refractivity contribution in [3.63, 3.8) is 0 Å². The zero-order chi connectivity index (χ0) is 14.7. The van der Waals surface area contributed by atoms with Crippen LogP contribution in [0.1, 0.15) is 29.4 Å². The molecule has 2 aromatic rings. The quantitative estimate of drug-likeness (QED) is 0.936. The molecule has 5 nitrogen and oxygen atoms in total. The van der Waals surface area contributed by atoms with Crippen molar-refractivity contribution < 1.29 is 4.79 Å². The van der Waals surface area contributed by atoms with Gasteiger partial charge in [0.25, 0.3) is 5.91 Å². The number of aromatic nitrogens is 2. The van der Waals surface area contributed by atoms with Gasteiger partial charge in [-0.05, 0) is 36.6 Å². The second-order valence-corrected chi connectivity index (χ2v) is 5.07. The van der Waals surface area contributed by atoms with Crippen LogP contribution in [0.15, 0.2) is 36.4 Å². The number of rotatable bonds is 4. The minimum atomic E-state index is -0.0884. The summed E-state index contributed by atoms with van der Waals surface area (Å²) in [6.45, 7) is 3.64. The van der Waals surface area contributed by atoms with Crippen LogP contribution >= 0.6 is 0 Å². The summed E-state index contributed by atoms with van der Waals surface area (Å²) < 4.78 is 0. The number of para-hydroxylation sites is 1. The summed E-state index contributed by atoms with van der Waals surface area (Å²) in [6.07, 6.45) is 1.92. The zero-order valence-electron chi connectivity index (χ0n) is 12.0. The Morgan fingerprint density at radius 1 is 1.24 bits per heavy atom. The molecule has 0 atom stereocenters. The highest BCUT2D eigenvalue weighted by molar-refractivity contribution is 6.06. The second kappa shape index (κ2) is 5.91. The maximum Gasteiger partial charge on any atom is 0.278 e. The molecule has 5 heteroatoms. The molecule has 0 fully saturated rings. The van der Waals surface area contributed by atoms with Crippen molar-refractivity contribution in [1.29, 1.82) is 0 Å². The summed E-state index contributed by atoms with van der Waals surface area (Å²) in [5.74, 6) is 0.615. The highest BCUT2D eigenvalue weighted by atomic mass is 16.2. The van der Waals surface area contributed by atoms with Crippen molar-refractivity contribution in [2.45, 2.75) is 19.8 Å². The average Bonchev–Trinajstić information content (AvgIpc) is 2.97. The summed E-state index contributed by atoms with van der Waals surface area (Å²) in [6, 6.07) is 11.5. The molecule has 0 spiro atoms. The predicted molar refractivity (Wildman–Crippen MR) is 82.6 cm³/mol. The van der Waals surface area contributed by atoms with E-state index in [2.05, 4.69) is 28.5 Å². The van der Waals surface area contributed by atoms with Crippen LogP contribution in [0, 0.1) is 0 Å². The first-order chi connectivity index (χ1) is 10.3. The van der Waals surface area contributed by atoms with Gasteiger partial charge in [-0.15, -0.1) is 10.2 Å². The first-order valence-corrected chi connectivity index (χ1v) is 7.27. The standard InChI is InChI=1S/C16H18N4O/c1-2-10-17-15-8-7-13(18-19-15)16(21)20-11-9-12-5-3-4-6-14(12)20/h3-8H,2,9-11H2,1H3,(H,17,19). The van der Waals surface area contributed by atoms with Gasteiger partial charge < -0.3 is 10.2 Å². The molecule has 1 N–H and O–H groups in total. The van der Waals surface area contributed by atoms with Gasteiger partial charge in [0, 0.05) is 18.8 Å². The van der Waals surface area contributed by atoms with Crippen LogP contribution in [-0.2, 0) is 6.42 Å². The van der Waals surface area contributed by atoms with Crippen molar-refractivity contribution in [1.82, 2.24) is 10.2 Å². The van der Waals surface area contributed by atoms with Crippen LogP contribution < -0.4 is 10.2 Å². The topological polar surface area (TPSA) is 58.1 Å². The fourth-order valence-electron chi connectivity index (χ4n) is 2.48. The van der Waals surface area contributed by atoms with E-state index in [9.17, 15) is 4.79 Å². The van der Waals surface area contributed by atoms with Crippen molar-refractivity contribution >= 4 is 17.4 Å². The van der Waals surface area contributed by atoms with Gasteiger partial charge in [-0.3, -0.25) is 4.79 Å². The summed E-state index contributed by atoms with van der Waals surface area (Å²) in [4.78, 5) is 14.3. The first-order valence-electron chi connectivity index (χ1n) is 7.27. The van der Waals surface area contributed by atoms with Crippen LogP contribution in [-0.4, -0.2) is 29.2 Å². The molecule has 108 valence electrons. The van der Waals surface area contributed by atoms with E-state index >= 15 is 0 Å². The van der Waals surface area contributed by atoms with Crippen molar-refractivity contribution in [2.24, 2.45) is 0 Å². The van der Waals surface area contributed by atoms with E-state index in [0.717, 1.165) is 25.1 Å². The van der Waals surface area contributed by atoms with Crippen LogP contribution in [0.2, 0.25) is 0 Å². The lowest BCUT2D eigenvalue weighted by atomic mass is 10.2. The molecule has 1 amide bonds. The zero-order valence-corrected chi connectivity index (χ0v) is 12.0. The predicted octanol–water partition coefficient (Wildman–Crippen LogP) is 2.50. The summed E-state index contributed by atoms with van der Waals surface area (Å²) >= 11 is 0. The van der Waals surface area contributed by atoms with Crippen LogP contribution in [0.25, 0.3) is 0 Å². The minimum Gasteiger partial charge on any atom is -0.369 e. The van der Waals surface area contributed by atoms with Crippen LogP contribution in [0.4, 0.5) is 11.5 Å². The van der Waals surface area contributed by atoms with Crippen LogP contribution in [0.3, 0.4) is 0 Å². The number of carbonyl (C=O) groups excluding carboxylic acids is 1. The molecule has 1 aromatic heterocycles. The van der Waals surface area contributed by atoms with Gasteiger partial charge in [-0.1, -0.05) is 25.1 Å². The fraction of sp³-hybridized carbons (Fsp3) is 0.312. The highest BCUT2D eigenvalue weighted by Crippen LogP contribution is 2.28. The first kappa shape index (κ1) is 13.5. The third kappa shape index (κ3) is 2.72. The third-order valence-corrected chi connectivity index (χ3v) is 3.57. The Bertz CT molecular complexity index is 639. The molecule has 3 rings (SSSR count). The minimum absolute atomic E-state index is 0.0884. The molecule has 0 saturated heterocycles. The van der Waals surface area contributed by atoms with Gasteiger partial charge >= 0.3 is 0 Å². The van der Waals surface area contributed by atoms with Gasteiger partial charge in [0.15, 0.2) is 5.69 Å². The molecular weight excluding hydrogens is 264 g/mol. The number of amides is 1. The maximum atomic E-state index is 12.5. The third-order valence-electron chi connectivity index (χ3n) is 3.57. The van der Waals surface area contributed by atoms with E-state index in [1.165, 1.54) is 5.56 Å². The number of nitrogens with zero attached hydrogens (tertiary/aromatic N) is 3. The Balaban J connectivity index is 1.77. The van der Waals surface area contributed by atoms with Gasteiger partial charge in [-0.2, -0.15) is 0 Å². The molecule has 1 aliphatic rings. The number of hydrogen-bond acceptors (Lipinski definition) is 4. The molecule has 1 aliphatic heterocycles. The van der Waals surface area contributed by atoms with E-state index in [4.69, 9.17) is 0 Å².